The van der Waals surface area contributed by atoms with E-state index in [4.69, 9.17) is 11.6 Å². The lowest BCUT2D eigenvalue weighted by atomic mass is 9.97. The van der Waals surface area contributed by atoms with Crippen molar-refractivity contribution in [3.63, 3.8) is 0 Å². The van der Waals surface area contributed by atoms with Gasteiger partial charge in [0.05, 0.1) is 0 Å². The lowest BCUT2D eigenvalue weighted by Crippen LogP contribution is -2.19. The standard InChI is InChI=1S/C18H16ClNO2/c19-15-5-1-12(2-6-15)10-16(21)11-13-3-7-17-14(9-13)4-8-18(22)20-17/h1-3,5-7,9H,4,8,10-11H2,(H,20,22). The Balaban J connectivity index is 1.66. The third-order valence-corrected chi connectivity index (χ3v) is 4.03. The number of hydrogen-bond donors (Lipinski definition) is 1. The Kier molecular flexibility index (Phi) is 4.25. The van der Waals surface area contributed by atoms with Crippen molar-refractivity contribution in [1.29, 1.82) is 0 Å². The maximum Gasteiger partial charge on any atom is 0.224 e. The van der Waals surface area contributed by atoms with Gasteiger partial charge in [0.2, 0.25) is 5.91 Å². The van der Waals surface area contributed by atoms with Crippen molar-refractivity contribution in [3.8, 4) is 0 Å². The SMILES string of the molecule is O=C(Cc1ccc(Cl)cc1)Cc1ccc2c(c1)CCC(=O)N2. The third kappa shape index (κ3) is 3.55. The minimum Gasteiger partial charge on any atom is -0.326 e. The molecule has 112 valence electrons. The van der Waals surface area contributed by atoms with Gasteiger partial charge in [-0.15, -0.1) is 0 Å². The Morgan fingerprint density at radius 3 is 2.45 bits per heavy atom. The first-order valence-electron chi connectivity index (χ1n) is 7.28. The van der Waals surface area contributed by atoms with Crippen molar-refractivity contribution in [2.75, 3.05) is 5.32 Å². The van der Waals surface area contributed by atoms with E-state index in [2.05, 4.69) is 5.32 Å². The van der Waals surface area contributed by atoms with Gasteiger partial charge in [0.15, 0.2) is 0 Å². The van der Waals surface area contributed by atoms with Gasteiger partial charge in [0.25, 0.3) is 0 Å². The molecule has 0 aromatic heterocycles. The molecule has 0 spiro atoms. The second-order valence-corrected chi connectivity index (χ2v) is 5.99. The van der Waals surface area contributed by atoms with Crippen LogP contribution in [0, 0.1) is 0 Å². The fourth-order valence-electron chi connectivity index (χ4n) is 2.67. The monoisotopic (exact) mass is 313 g/mol. The van der Waals surface area contributed by atoms with Gasteiger partial charge in [-0.3, -0.25) is 9.59 Å². The number of Topliss-reactive ketones (excluding diaryl/α,β-unsaturated/α-hetero) is 1. The number of aryl methyl sites for hydroxylation is 1. The fourth-order valence-corrected chi connectivity index (χ4v) is 2.79. The Morgan fingerprint density at radius 2 is 1.68 bits per heavy atom. The molecule has 3 rings (SSSR count). The van der Waals surface area contributed by atoms with Gasteiger partial charge in [-0.05, 0) is 41.3 Å². The molecule has 1 aliphatic heterocycles. The predicted molar refractivity (Wildman–Crippen MR) is 87.3 cm³/mol. The van der Waals surface area contributed by atoms with E-state index in [1.807, 2.05) is 30.3 Å². The van der Waals surface area contributed by atoms with Gasteiger partial charge in [-0.25, -0.2) is 0 Å². The maximum atomic E-state index is 12.2. The molecular formula is C18H16ClNO2. The summed E-state index contributed by atoms with van der Waals surface area (Å²) >= 11 is 5.84. The van der Waals surface area contributed by atoms with Crippen LogP contribution in [0.25, 0.3) is 0 Å². The first-order chi connectivity index (χ1) is 10.6. The molecule has 0 radical (unpaired) electrons. The summed E-state index contributed by atoms with van der Waals surface area (Å²) in [6.45, 7) is 0. The zero-order chi connectivity index (χ0) is 15.5. The van der Waals surface area contributed by atoms with Gasteiger partial charge in [-0.2, -0.15) is 0 Å². The van der Waals surface area contributed by atoms with E-state index in [9.17, 15) is 9.59 Å². The third-order valence-electron chi connectivity index (χ3n) is 3.78. The molecule has 0 saturated heterocycles. The second-order valence-electron chi connectivity index (χ2n) is 5.56. The normalized spacial score (nSPS) is 13.4. The number of ketones is 1. The van der Waals surface area contributed by atoms with E-state index in [1.54, 1.807) is 12.1 Å². The number of amides is 1. The highest BCUT2D eigenvalue weighted by Crippen LogP contribution is 2.24. The van der Waals surface area contributed by atoms with E-state index >= 15 is 0 Å². The summed E-state index contributed by atoms with van der Waals surface area (Å²) < 4.78 is 0. The molecule has 0 fully saturated rings. The number of carbonyl (C=O) groups excluding carboxylic acids is 2. The molecular weight excluding hydrogens is 298 g/mol. The van der Waals surface area contributed by atoms with Crippen LogP contribution in [-0.2, 0) is 28.9 Å². The van der Waals surface area contributed by atoms with Crippen molar-refractivity contribution >= 4 is 29.0 Å². The van der Waals surface area contributed by atoms with Gasteiger partial charge >= 0.3 is 0 Å². The summed E-state index contributed by atoms with van der Waals surface area (Å²) in [5.74, 6) is 0.223. The van der Waals surface area contributed by atoms with Crippen molar-refractivity contribution in [2.24, 2.45) is 0 Å². The van der Waals surface area contributed by atoms with Crippen molar-refractivity contribution in [1.82, 2.24) is 0 Å². The van der Waals surface area contributed by atoms with Crippen LogP contribution in [0.2, 0.25) is 5.02 Å². The van der Waals surface area contributed by atoms with Gasteiger partial charge < -0.3 is 5.32 Å². The highest BCUT2D eigenvalue weighted by molar-refractivity contribution is 6.30. The number of halogens is 1. The fraction of sp³-hybridized carbons (Fsp3) is 0.222. The number of anilines is 1. The number of hydrogen-bond acceptors (Lipinski definition) is 2. The smallest absolute Gasteiger partial charge is 0.224 e. The molecule has 3 nitrogen and oxygen atoms in total. The summed E-state index contributed by atoms with van der Waals surface area (Å²) in [7, 11) is 0. The Labute approximate surface area is 134 Å². The summed E-state index contributed by atoms with van der Waals surface area (Å²) in [5.41, 5.74) is 3.94. The number of rotatable bonds is 4. The second kappa shape index (κ2) is 6.32. The van der Waals surface area contributed by atoms with Crippen molar-refractivity contribution in [3.05, 3.63) is 64.2 Å². The molecule has 2 aromatic carbocycles. The molecule has 0 saturated carbocycles. The first kappa shape index (κ1) is 14.8. The molecule has 0 unspecified atom stereocenters. The van der Waals surface area contributed by atoms with Crippen LogP contribution >= 0.6 is 11.6 Å². The van der Waals surface area contributed by atoms with E-state index in [-0.39, 0.29) is 11.7 Å². The molecule has 1 N–H and O–H groups in total. The average molecular weight is 314 g/mol. The van der Waals surface area contributed by atoms with E-state index in [1.165, 1.54) is 0 Å². The molecule has 1 heterocycles. The summed E-state index contributed by atoms with van der Waals surface area (Å²) in [6, 6.07) is 13.2. The summed E-state index contributed by atoms with van der Waals surface area (Å²) in [5, 5.41) is 3.52. The predicted octanol–water partition coefficient (Wildman–Crippen LogP) is 3.58. The molecule has 1 amide bonds. The van der Waals surface area contributed by atoms with Crippen molar-refractivity contribution in [2.45, 2.75) is 25.7 Å². The van der Waals surface area contributed by atoms with E-state index in [0.29, 0.717) is 24.3 Å². The molecule has 1 aliphatic rings. The topological polar surface area (TPSA) is 46.2 Å². The Morgan fingerprint density at radius 1 is 1.00 bits per heavy atom. The number of benzene rings is 2. The summed E-state index contributed by atoms with van der Waals surface area (Å²) in [6.07, 6.45) is 2.06. The number of carbonyl (C=O) groups is 2. The molecule has 0 atom stereocenters. The zero-order valence-electron chi connectivity index (χ0n) is 12.1. The van der Waals surface area contributed by atoms with Crippen LogP contribution < -0.4 is 5.32 Å². The summed E-state index contributed by atoms with van der Waals surface area (Å²) in [4.78, 5) is 23.5. The van der Waals surface area contributed by atoms with Crippen molar-refractivity contribution < 1.29 is 9.59 Å². The van der Waals surface area contributed by atoms with Crippen LogP contribution in [0.3, 0.4) is 0 Å². The highest BCUT2D eigenvalue weighted by atomic mass is 35.5. The quantitative estimate of drug-likeness (QED) is 0.937. The lowest BCUT2D eigenvalue weighted by Gasteiger charge is -2.17. The van der Waals surface area contributed by atoms with Gasteiger partial charge in [-0.1, -0.05) is 35.9 Å². The van der Waals surface area contributed by atoms with Crippen LogP contribution in [0.4, 0.5) is 5.69 Å². The van der Waals surface area contributed by atoms with Gasteiger partial charge in [0, 0.05) is 30.0 Å². The van der Waals surface area contributed by atoms with Crippen LogP contribution in [0.15, 0.2) is 42.5 Å². The largest absolute Gasteiger partial charge is 0.326 e. The van der Waals surface area contributed by atoms with Crippen LogP contribution in [0.1, 0.15) is 23.1 Å². The average Bonchev–Trinajstić information content (AvgIpc) is 2.50. The Hall–Kier alpha value is -2.13. The first-order valence-corrected chi connectivity index (χ1v) is 7.66. The van der Waals surface area contributed by atoms with Crippen LogP contribution in [-0.4, -0.2) is 11.7 Å². The molecule has 22 heavy (non-hydrogen) atoms. The number of nitrogens with one attached hydrogen (secondary N) is 1. The highest BCUT2D eigenvalue weighted by Gasteiger charge is 2.15. The minimum absolute atomic E-state index is 0.0547. The molecule has 0 aliphatic carbocycles. The maximum absolute atomic E-state index is 12.2. The van der Waals surface area contributed by atoms with E-state index < -0.39 is 0 Å². The van der Waals surface area contributed by atoms with Gasteiger partial charge in [0.1, 0.15) is 5.78 Å². The molecule has 4 heteroatoms. The minimum atomic E-state index is 0.0547. The Bertz CT molecular complexity index is 722. The van der Waals surface area contributed by atoms with E-state index in [0.717, 1.165) is 28.8 Å². The molecule has 0 bridgehead atoms. The lowest BCUT2D eigenvalue weighted by molar-refractivity contribution is -0.118. The number of fused-ring (bicyclic) bond motifs is 1. The zero-order valence-corrected chi connectivity index (χ0v) is 12.8. The molecule has 2 aromatic rings. The van der Waals surface area contributed by atoms with Crippen LogP contribution in [0.5, 0.6) is 0 Å².